The van der Waals surface area contributed by atoms with Crippen LogP contribution in [0, 0.1) is 0 Å². The van der Waals surface area contributed by atoms with E-state index in [0.717, 1.165) is 23.3 Å². The Hall–Kier alpha value is -3.15. The smallest absolute Gasteiger partial charge is 0.249 e. The summed E-state index contributed by atoms with van der Waals surface area (Å²) in [6, 6.07) is 8.98. The topological polar surface area (TPSA) is 83.9 Å². The largest absolute Gasteiger partial charge is 0.497 e. The standard InChI is InChI=1S/C21H23NO5/c1-5-6-17-19(12-7-13(24-2)9-14(8-12)25-3)20-16(21(22)23)10-15(26-4)11-18(20)27-17/h7-11H,5-6H2,1-4H3,(H2,22,23). The molecule has 2 N–H and O–H groups in total. The summed E-state index contributed by atoms with van der Waals surface area (Å²) in [6.45, 7) is 2.07. The van der Waals surface area contributed by atoms with Gasteiger partial charge in [0.2, 0.25) is 5.91 Å². The monoisotopic (exact) mass is 369 g/mol. The van der Waals surface area contributed by atoms with Gasteiger partial charge in [-0.15, -0.1) is 0 Å². The van der Waals surface area contributed by atoms with Crippen molar-refractivity contribution in [2.45, 2.75) is 19.8 Å². The minimum absolute atomic E-state index is 0.354. The fraction of sp³-hybridized carbons (Fsp3) is 0.286. The average Bonchev–Trinajstić information content (AvgIpc) is 3.04. The molecule has 0 bridgehead atoms. The number of benzene rings is 2. The van der Waals surface area contributed by atoms with E-state index in [-0.39, 0.29) is 0 Å². The zero-order chi connectivity index (χ0) is 19.6. The molecule has 1 aromatic heterocycles. The fourth-order valence-electron chi connectivity index (χ4n) is 3.22. The van der Waals surface area contributed by atoms with E-state index in [1.165, 1.54) is 7.11 Å². The molecule has 1 amide bonds. The maximum absolute atomic E-state index is 12.2. The van der Waals surface area contributed by atoms with Gasteiger partial charge in [0, 0.05) is 29.5 Å². The Labute approximate surface area is 157 Å². The molecule has 0 atom stereocenters. The van der Waals surface area contributed by atoms with E-state index in [9.17, 15) is 4.79 Å². The van der Waals surface area contributed by atoms with Gasteiger partial charge in [0.1, 0.15) is 28.6 Å². The molecule has 2 aromatic carbocycles. The normalized spacial score (nSPS) is 10.8. The third-order valence-corrected chi connectivity index (χ3v) is 4.46. The van der Waals surface area contributed by atoms with Crippen molar-refractivity contribution < 1.29 is 23.4 Å². The van der Waals surface area contributed by atoms with Gasteiger partial charge in [0.15, 0.2) is 0 Å². The second-order valence-corrected chi connectivity index (χ2v) is 6.16. The molecule has 0 unspecified atom stereocenters. The zero-order valence-corrected chi connectivity index (χ0v) is 15.9. The first kappa shape index (κ1) is 18.6. The third kappa shape index (κ3) is 3.43. The number of amides is 1. The molecule has 142 valence electrons. The van der Waals surface area contributed by atoms with E-state index in [1.54, 1.807) is 32.4 Å². The molecular weight excluding hydrogens is 346 g/mol. The lowest BCUT2D eigenvalue weighted by atomic mass is 9.96. The highest BCUT2D eigenvalue weighted by atomic mass is 16.5. The maximum Gasteiger partial charge on any atom is 0.249 e. The Morgan fingerprint density at radius 1 is 0.963 bits per heavy atom. The van der Waals surface area contributed by atoms with Crippen molar-refractivity contribution in [2.75, 3.05) is 21.3 Å². The summed E-state index contributed by atoms with van der Waals surface area (Å²) < 4.78 is 22.2. The van der Waals surface area contributed by atoms with Gasteiger partial charge in [-0.25, -0.2) is 0 Å². The van der Waals surface area contributed by atoms with Gasteiger partial charge in [0.25, 0.3) is 0 Å². The quantitative estimate of drug-likeness (QED) is 0.675. The molecule has 0 aliphatic carbocycles. The highest BCUT2D eigenvalue weighted by Crippen LogP contribution is 2.41. The first-order valence-corrected chi connectivity index (χ1v) is 8.69. The molecule has 0 saturated heterocycles. The van der Waals surface area contributed by atoms with Crippen molar-refractivity contribution in [1.29, 1.82) is 0 Å². The molecule has 0 fully saturated rings. The van der Waals surface area contributed by atoms with Crippen LogP contribution in [0.4, 0.5) is 0 Å². The molecular formula is C21H23NO5. The number of aryl methyl sites for hydroxylation is 1. The molecule has 1 heterocycles. The first-order chi connectivity index (χ1) is 13.0. The van der Waals surface area contributed by atoms with E-state index in [2.05, 4.69) is 6.92 Å². The number of furan rings is 1. The number of rotatable bonds is 7. The number of nitrogens with two attached hydrogens (primary N) is 1. The minimum atomic E-state index is -0.543. The van der Waals surface area contributed by atoms with Crippen LogP contribution in [-0.4, -0.2) is 27.2 Å². The molecule has 6 heteroatoms. The van der Waals surface area contributed by atoms with Gasteiger partial charge in [-0.2, -0.15) is 0 Å². The lowest BCUT2D eigenvalue weighted by molar-refractivity contribution is 0.100. The highest BCUT2D eigenvalue weighted by molar-refractivity contribution is 6.12. The Balaban J connectivity index is 2.40. The summed E-state index contributed by atoms with van der Waals surface area (Å²) >= 11 is 0. The summed E-state index contributed by atoms with van der Waals surface area (Å²) in [5.74, 6) is 2.05. The Morgan fingerprint density at radius 3 is 2.07 bits per heavy atom. The van der Waals surface area contributed by atoms with E-state index in [4.69, 9.17) is 24.4 Å². The Kier molecular flexibility index (Phi) is 5.26. The van der Waals surface area contributed by atoms with Crippen molar-refractivity contribution in [3.05, 3.63) is 41.7 Å². The van der Waals surface area contributed by atoms with E-state index in [0.29, 0.717) is 40.2 Å². The van der Waals surface area contributed by atoms with Gasteiger partial charge >= 0.3 is 0 Å². The Bertz CT molecular complexity index is 968. The highest BCUT2D eigenvalue weighted by Gasteiger charge is 2.23. The number of carbonyl (C=O) groups excluding carboxylic acids is 1. The summed E-state index contributed by atoms with van der Waals surface area (Å²) in [4.78, 5) is 12.2. The van der Waals surface area contributed by atoms with Crippen LogP contribution >= 0.6 is 0 Å². The van der Waals surface area contributed by atoms with Gasteiger partial charge in [-0.3, -0.25) is 4.79 Å². The van der Waals surface area contributed by atoms with Crippen LogP contribution in [0.2, 0.25) is 0 Å². The fourth-order valence-corrected chi connectivity index (χ4v) is 3.22. The number of methoxy groups -OCH3 is 3. The molecule has 27 heavy (non-hydrogen) atoms. The summed E-state index contributed by atoms with van der Waals surface area (Å²) in [6.07, 6.45) is 1.60. The van der Waals surface area contributed by atoms with E-state index < -0.39 is 5.91 Å². The number of hydrogen-bond acceptors (Lipinski definition) is 5. The summed E-state index contributed by atoms with van der Waals surface area (Å²) in [7, 11) is 4.73. The molecule has 6 nitrogen and oxygen atoms in total. The van der Waals surface area contributed by atoms with Gasteiger partial charge in [-0.05, 0) is 30.2 Å². The second-order valence-electron chi connectivity index (χ2n) is 6.16. The first-order valence-electron chi connectivity index (χ1n) is 8.69. The van der Waals surface area contributed by atoms with Crippen LogP contribution in [0.5, 0.6) is 17.2 Å². The van der Waals surface area contributed by atoms with Crippen molar-refractivity contribution in [1.82, 2.24) is 0 Å². The van der Waals surface area contributed by atoms with Crippen LogP contribution in [0.1, 0.15) is 29.5 Å². The Morgan fingerprint density at radius 2 is 1.56 bits per heavy atom. The number of primary amides is 1. The SMILES string of the molecule is CCCc1oc2cc(OC)cc(C(N)=O)c2c1-c1cc(OC)cc(OC)c1. The van der Waals surface area contributed by atoms with Gasteiger partial charge in [-0.1, -0.05) is 6.92 Å². The lowest BCUT2D eigenvalue weighted by Gasteiger charge is -2.10. The predicted octanol–water partition coefficient (Wildman–Crippen LogP) is 4.18. The average molecular weight is 369 g/mol. The molecule has 0 radical (unpaired) electrons. The van der Waals surface area contributed by atoms with Crippen LogP contribution in [0.15, 0.2) is 34.7 Å². The van der Waals surface area contributed by atoms with E-state index in [1.807, 2.05) is 12.1 Å². The number of ether oxygens (including phenoxy) is 3. The van der Waals surface area contributed by atoms with Gasteiger partial charge in [0.05, 0.1) is 26.9 Å². The number of fused-ring (bicyclic) bond motifs is 1. The molecule has 0 saturated carbocycles. The van der Waals surface area contributed by atoms with Crippen molar-refractivity contribution >= 4 is 16.9 Å². The van der Waals surface area contributed by atoms with Crippen molar-refractivity contribution in [2.24, 2.45) is 5.73 Å². The molecule has 0 aliphatic rings. The minimum Gasteiger partial charge on any atom is -0.497 e. The van der Waals surface area contributed by atoms with Crippen molar-refractivity contribution in [3.8, 4) is 28.4 Å². The number of hydrogen-bond donors (Lipinski definition) is 1. The molecule has 3 rings (SSSR count). The molecule has 3 aromatic rings. The predicted molar refractivity (Wildman–Crippen MR) is 104 cm³/mol. The third-order valence-electron chi connectivity index (χ3n) is 4.46. The van der Waals surface area contributed by atoms with Crippen LogP contribution < -0.4 is 19.9 Å². The van der Waals surface area contributed by atoms with Crippen LogP contribution in [0.3, 0.4) is 0 Å². The second kappa shape index (κ2) is 7.61. The molecule has 0 spiro atoms. The molecule has 0 aliphatic heterocycles. The summed E-state index contributed by atoms with van der Waals surface area (Å²) in [5.41, 5.74) is 8.23. The zero-order valence-electron chi connectivity index (χ0n) is 15.9. The van der Waals surface area contributed by atoms with E-state index >= 15 is 0 Å². The van der Waals surface area contributed by atoms with Crippen molar-refractivity contribution in [3.63, 3.8) is 0 Å². The number of carbonyl (C=O) groups is 1. The lowest BCUT2D eigenvalue weighted by Crippen LogP contribution is -2.11. The van der Waals surface area contributed by atoms with Gasteiger partial charge < -0.3 is 24.4 Å². The maximum atomic E-state index is 12.2. The van der Waals surface area contributed by atoms with Crippen LogP contribution in [-0.2, 0) is 6.42 Å². The van der Waals surface area contributed by atoms with Crippen LogP contribution in [0.25, 0.3) is 22.1 Å². The summed E-state index contributed by atoms with van der Waals surface area (Å²) in [5, 5.41) is 0.669.